The number of carbonyl (C=O) groups is 2. The fourth-order valence-electron chi connectivity index (χ4n) is 5.40. The van der Waals surface area contributed by atoms with E-state index in [0.29, 0.717) is 45.2 Å². The number of methoxy groups -OCH3 is 1. The van der Waals surface area contributed by atoms with Crippen LogP contribution < -0.4 is 10.6 Å². The van der Waals surface area contributed by atoms with E-state index in [1.807, 2.05) is 72.1 Å². The summed E-state index contributed by atoms with van der Waals surface area (Å²) in [7, 11) is 1.66. The molecule has 2 N–H and O–H groups in total. The highest BCUT2D eigenvalue weighted by Gasteiger charge is 2.23. The van der Waals surface area contributed by atoms with Gasteiger partial charge in [0.25, 0.3) is 0 Å². The number of benzene rings is 1. The van der Waals surface area contributed by atoms with E-state index in [0.717, 1.165) is 55.4 Å². The van der Waals surface area contributed by atoms with Crippen molar-refractivity contribution in [2.24, 2.45) is 0 Å². The van der Waals surface area contributed by atoms with Gasteiger partial charge in [-0.05, 0) is 76.9 Å². The van der Waals surface area contributed by atoms with Crippen LogP contribution in [0.5, 0.6) is 0 Å². The minimum Gasteiger partial charge on any atom is -0.459 e. The van der Waals surface area contributed by atoms with Crippen LogP contribution in [-0.2, 0) is 32.1 Å². The van der Waals surface area contributed by atoms with Gasteiger partial charge < -0.3 is 24.8 Å². The molecule has 1 aliphatic heterocycles. The fourth-order valence-corrected chi connectivity index (χ4v) is 5.40. The third kappa shape index (κ3) is 14.0. The molecule has 2 aromatic heterocycles. The molecule has 0 atom stereocenters. The zero-order chi connectivity index (χ0) is 36.1. The summed E-state index contributed by atoms with van der Waals surface area (Å²) in [5, 5.41) is 6.25. The van der Waals surface area contributed by atoms with Crippen molar-refractivity contribution in [3.63, 3.8) is 0 Å². The first-order valence-corrected chi connectivity index (χ1v) is 17.2. The van der Waals surface area contributed by atoms with E-state index in [4.69, 9.17) is 14.2 Å². The number of aromatic nitrogens is 3. The Hall–Kier alpha value is -4.17. The topological polar surface area (TPSA) is 134 Å². The summed E-state index contributed by atoms with van der Waals surface area (Å²) in [5.74, 6) is 1.23. The van der Waals surface area contributed by atoms with E-state index in [1.165, 1.54) is 5.56 Å². The predicted molar refractivity (Wildman–Crippen MR) is 194 cm³/mol. The lowest BCUT2D eigenvalue weighted by atomic mass is 10.1. The van der Waals surface area contributed by atoms with Crippen LogP contribution in [0.2, 0.25) is 0 Å². The van der Waals surface area contributed by atoms with Crippen LogP contribution in [0.3, 0.4) is 0 Å². The van der Waals surface area contributed by atoms with Crippen molar-refractivity contribution in [2.45, 2.75) is 65.8 Å². The van der Waals surface area contributed by atoms with Crippen LogP contribution in [0.1, 0.15) is 52.9 Å². The standard InChI is InChI=1S/C37H54N8O5/c1-36(2,3)49-34(46)27-45-17-15-44(16-18-45)25-28-9-8-10-31(21-28)42-32-22-29(11-12-38-32)30-23-40-33(41-24-30)26-43(19-20-48-7)14-13-39-35(47)50-37(4,5)6/h8-12,21-24H,13-20,25-27H2,1-7H3,(H,38,42)(H,39,47). The molecule has 4 rings (SSSR count). The van der Waals surface area contributed by atoms with Gasteiger partial charge in [-0.2, -0.15) is 0 Å². The summed E-state index contributed by atoms with van der Waals surface area (Å²) in [5.41, 5.74) is 2.99. The van der Waals surface area contributed by atoms with Crippen molar-refractivity contribution in [1.29, 1.82) is 0 Å². The van der Waals surface area contributed by atoms with Gasteiger partial charge in [0, 0.05) is 89.3 Å². The number of hydrogen-bond acceptors (Lipinski definition) is 12. The molecule has 1 aliphatic rings. The van der Waals surface area contributed by atoms with Crippen molar-refractivity contribution in [2.75, 3.05) is 71.4 Å². The maximum Gasteiger partial charge on any atom is 0.407 e. The number of amides is 1. The van der Waals surface area contributed by atoms with Crippen LogP contribution in [-0.4, -0.2) is 119 Å². The fraction of sp³-hybridized carbons (Fsp3) is 0.541. The van der Waals surface area contributed by atoms with Crippen LogP contribution in [0.25, 0.3) is 11.1 Å². The highest BCUT2D eigenvalue weighted by molar-refractivity contribution is 5.72. The number of nitrogens with zero attached hydrogens (tertiary/aromatic N) is 6. The van der Waals surface area contributed by atoms with Gasteiger partial charge in [-0.25, -0.2) is 19.7 Å². The normalized spacial score (nSPS) is 14.4. The molecule has 272 valence electrons. The van der Waals surface area contributed by atoms with Crippen LogP contribution >= 0.6 is 0 Å². The number of hydrogen-bond donors (Lipinski definition) is 2. The minimum atomic E-state index is -0.545. The van der Waals surface area contributed by atoms with Crippen molar-refractivity contribution in [3.8, 4) is 11.1 Å². The number of ether oxygens (including phenoxy) is 3. The molecule has 0 bridgehead atoms. The molecule has 0 radical (unpaired) electrons. The number of anilines is 2. The van der Waals surface area contributed by atoms with Gasteiger partial charge in [0.05, 0.1) is 19.7 Å². The SMILES string of the molecule is COCCN(CCNC(=O)OC(C)(C)C)Cc1ncc(-c2ccnc(Nc3cccc(CN4CCN(CC(=O)OC(C)(C)C)CC4)c3)c2)cn1. The summed E-state index contributed by atoms with van der Waals surface area (Å²) in [6.45, 7) is 18.6. The number of alkyl carbamates (subject to hydrolysis) is 1. The molecule has 50 heavy (non-hydrogen) atoms. The molecule has 0 saturated carbocycles. The zero-order valence-electron chi connectivity index (χ0n) is 30.7. The average Bonchev–Trinajstić information content (AvgIpc) is 3.03. The lowest BCUT2D eigenvalue weighted by molar-refractivity contribution is -0.156. The molecule has 0 unspecified atom stereocenters. The lowest BCUT2D eigenvalue weighted by Crippen LogP contribution is -2.48. The largest absolute Gasteiger partial charge is 0.459 e. The minimum absolute atomic E-state index is 0.171. The Balaban J connectivity index is 1.28. The summed E-state index contributed by atoms with van der Waals surface area (Å²) >= 11 is 0. The molecular weight excluding hydrogens is 636 g/mol. The molecule has 1 fully saturated rings. The molecule has 13 heteroatoms. The van der Waals surface area contributed by atoms with E-state index in [9.17, 15) is 9.59 Å². The smallest absolute Gasteiger partial charge is 0.407 e. The molecule has 1 aromatic carbocycles. The molecule has 1 saturated heterocycles. The predicted octanol–water partition coefficient (Wildman–Crippen LogP) is 4.71. The van der Waals surface area contributed by atoms with Gasteiger partial charge in [-0.15, -0.1) is 0 Å². The van der Waals surface area contributed by atoms with Crippen molar-refractivity contribution >= 4 is 23.6 Å². The number of rotatable bonds is 15. The van der Waals surface area contributed by atoms with Gasteiger partial charge in [0.1, 0.15) is 22.8 Å². The highest BCUT2D eigenvalue weighted by Crippen LogP contribution is 2.23. The number of piperazine rings is 1. The number of nitrogens with one attached hydrogen (secondary N) is 2. The summed E-state index contributed by atoms with van der Waals surface area (Å²) in [4.78, 5) is 44.8. The summed E-state index contributed by atoms with van der Waals surface area (Å²) in [6, 6.07) is 12.3. The first-order valence-electron chi connectivity index (χ1n) is 17.2. The molecule has 3 heterocycles. The lowest BCUT2D eigenvalue weighted by Gasteiger charge is -2.34. The van der Waals surface area contributed by atoms with E-state index < -0.39 is 17.3 Å². The Bertz CT molecular complexity index is 1520. The van der Waals surface area contributed by atoms with Gasteiger partial charge in [0.2, 0.25) is 0 Å². The molecule has 1 amide bonds. The van der Waals surface area contributed by atoms with E-state index in [1.54, 1.807) is 13.3 Å². The quantitative estimate of drug-likeness (QED) is 0.214. The van der Waals surface area contributed by atoms with E-state index in [-0.39, 0.29) is 5.97 Å². The number of carbonyl (C=O) groups excluding carboxylic acids is 2. The van der Waals surface area contributed by atoms with Crippen LogP contribution in [0.4, 0.5) is 16.3 Å². The van der Waals surface area contributed by atoms with Crippen LogP contribution in [0, 0.1) is 0 Å². The van der Waals surface area contributed by atoms with Crippen molar-refractivity contribution in [1.82, 2.24) is 35.0 Å². The summed E-state index contributed by atoms with van der Waals surface area (Å²) in [6.07, 6.45) is 4.98. The molecule has 0 spiro atoms. The Kier molecular flexibility index (Phi) is 14.0. The first kappa shape index (κ1) is 38.6. The molecular formula is C37H54N8O5. The third-order valence-corrected chi connectivity index (χ3v) is 7.71. The first-order chi connectivity index (χ1) is 23.7. The zero-order valence-corrected chi connectivity index (χ0v) is 30.7. The van der Waals surface area contributed by atoms with Crippen molar-refractivity contribution in [3.05, 3.63) is 66.4 Å². The Morgan fingerprint density at radius 3 is 2.24 bits per heavy atom. The number of pyridine rings is 1. The Morgan fingerprint density at radius 1 is 0.860 bits per heavy atom. The highest BCUT2D eigenvalue weighted by atomic mass is 16.6. The maximum absolute atomic E-state index is 12.2. The van der Waals surface area contributed by atoms with Crippen LogP contribution in [0.15, 0.2) is 55.0 Å². The van der Waals surface area contributed by atoms with Crippen molar-refractivity contribution < 1.29 is 23.8 Å². The van der Waals surface area contributed by atoms with Gasteiger partial charge in [-0.3, -0.25) is 19.5 Å². The Morgan fingerprint density at radius 2 is 1.56 bits per heavy atom. The van der Waals surface area contributed by atoms with E-state index >= 15 is 0 Å². The average molecular weight is 691 g/mol. The maximum atomic E-state index is 12.2. The second-order valence-corrected chi connectivity index (χ2v) is 14.5. The monoisotopic (exact) mass is 690 g/mol. The number of esters is 1. The molecule has 13 nitrogen and oxygen atoms in total. The molecule has 0 aliphatic carbocycles. The van der Waals surface area contributed by atoms with E-state index in [2.05, 4.69) is 58.5 Å². The van der Waals surface area contributed by atoms with Gasteiger partial charge in [-0.1, -0.05) is 12.1 Å². The molecule has 3 aromatic rings. The third-order valence-electron chi connectivity index (χ3n) is 7.71. The summed E-state index contributed by atoms with van der Waals surface area (Å²) < 4.78 is 16.1. The van der Waals surface area contributed by atoms with Gasteiger partial charge in [0.15, 0.2) is 0 Å². The second-order valence-electron chi connectivity index (χ2n) is 14.5. The Labute approximate surface area is 296 Å². The second kappa shape index (κ2) is 18.2. The van der Waals surface area contributed by atoms with Gasteiger partial charge >= 0.3 is 12.1 Å².